The van der Waals surface area contributed by atoms with Crippen molar-refractivity contribution < 1.29 is 5.11 Å². The van der Waals surface area contributed by atoms with E-state index < -0.39 is 0 Å². The van der Waals surface area contributed by atoms with Crippen LogP contribution >= 0.6 is 0 Å². The molecule has 1 fully saturated rings. The van der Waals surface area contributed by atoms with Crippen LogP contribution in [0.4, 0.5) is 11.9 Å². The first-order valence-corrected chi connectivity index (χ1v) is 6.49. The fourth-order valence-electron chi connectivity index (χ4n) is 1.78. The molecule has 106 valence electrons. The molecule has 0 aromatic carbocycles. The van der Waals surface area contributed by atoms with E-state index in [1.807, 2.05) is 6.92 Å². The van der Waals surface area contributed by atoms with Crippen LogP contribution in [0, 0.1) is 0 Å². The standard InChI is InChI=1S/C11H16N8O/c1-2-13-8-15-9(18-11(5-20)3-4-11)17-10(16-8)19-7-12-6-14-19/h6-7,20H,2-5H2,1H3,(H2,13,15,16,17,18). The van der Waals surface area contributed by atoms with Gasteiger partial charge >= 0.3 is 0 Å². The maximum atomic E-state index is 9.37. The third kappa shape index (κ3) is 2.52. The van der Waals surface area contributed by atoms with Gasteiger partial charge in [0.2, 0.25) is 11.9 Å². The van der Waals surface area contributed by atoms with Crippen LogP contribution in [0.25, 0.3) is 5.95 Å². The number of hydrogen-bond donors (Lipinski definition) is 3. The zero-order chi connectivity index (χ0) is 14.0. The van der Waals surface area contributed by atoms with Crippen molar-refractivity contribution in [3.05, 3.63) is 12.7 Å². The van der Waals surface area contributed by atoms with Gasteiger partial charge in [-0.2, -0.15) is 24.7 Å². The Morgan fingerprint density at radius 2 is 2.10 bits per heavy atom. The number of aliphatic hydroxyl groups excluding tert-OH is 1. The molecule has 3 rings (SSSR count). The predicted octanol–water partition coefficient (Wildman–Crippen LogP) is -0.179. The Hall–Kier alpha value is -2.29. The summed E-state index contributed by atoms with van der Waals surface area (Å²) in [6.45, 7) is 2.72. The first-order chi connectivity index (χ1) is 9.74. The first kappa shape index (κ1) is 12.7. The Morgan fingerprint density at radius 3 is 2.70 bits per heavy atom. The molecule has 3 N–H and O–H groups in total. The lowest BCUT2D eigenvalue weighted by molar-refractivity contribution is 0.265. The Labute approximate surface area is 115 Å². The van der Waals surface area contributed by atoms with E-state index in [-0.39, 0.29) is 12.1 Å². The van der Waals surface area contributed by atoms with Crippen molar-refractivity contribution in [2.24, 2.45) is 0 Å². The summed E-state index contributed by atoms with van der Waals surface area (Å²) in [4.78, 5) is 16.7. The van der Waals surface area contributed by atoms with E-state index in [0.29, 0.717) is 24.4 Å². The Morgan fingerprint density at radius 1 is 1.30 bits per heavy atom. The molecule has 9 nitrogen and oxygen atoms in total. The molecule has 1 aliphatic carbocycles. The number of rotatable bonds is 6. The van der Waals surface area contributed by atoms with Gasteiger partial charge in [-0.1, -0.05) is 0 Å². The lowest BCUT2D eigenvalue weighted by Crippen LogP contribution is -2.27. The summed E-state index contributed by atoms with van der Waals surface area (Å²) < 4.78 is 1.46. The topological polar surface area (TPSA) is 114 Å². The maximum Gasteiger partial charge on any atom is 0.258 e. The van der Waals surface area contributed by atoms with Crippen LogP contribution in [0.2, 0.25) is 0 Å². The molecule has 0 bridgehead atoms. The zero-order valence-electron chi connectivity index (χ0n) is 11.1. The lowest BCUT2D eigenvalue weighted by Gasteiger charge is -2.15. The largest absolute Gasteiger partial charge is 0.394 e. The number of aliphatic hydroxyl groups is 1. The van der Waals surface area contributed by atoms with Gasteiger partial charge in [-0.15, -0.1) is 0 Å². The van der Waals surface area contributed by atoms with Crippen LogP contribution in [-0.4, -0.2) is 53.5 Å². The second kappa shape index (κ2) is 5.00. The molecule has 1 aliphatic rings. The van der Waals surface area contributed by atoms with E-state index in [0.717, 1.165) is 12.8 Å². The quantitative estimate of drug-likeness (QED) is 0.666. The van der Waals surface area contributed by atoms with E-state index in [4.69, 9.17) is 0 Å². The van der Waals surface area contributed by atoms with Crippen molar-refractivity contribution in [3.63, 3.8) is 0 Å². The van der Waals surface area contributed by atoms with Crippen molar-refractivity contribution in [1.29, 1.82) is 0 Å². The highest BCUT2D eigenvalue weighted by Crippen LogP contribution is 2.37. The number of aromatic nitrogens is 6. The van der Waals surface area contributed by atoms with Gasteiger partial charge in [0.05, 0.1) is 12.1 Å². The molecule has 0 saturated heterocycles. The number of anilines is 2. The van der Waals surface area contributed by atoms with Crippen molar-refractivity contribution in [2.75, 3.05) is 23.8 Å². The monoisotopic (exact) mass is 276 g/mol. The molecule has 0 spiro atoms. The van der Waals surface area contributed by atoms with Crippen molar-refractivity contribution in [2.45, 2.75) is 25.3 Å². The summed E-state index contributed by atoms with van der Waals surface area (Å²) in [5, 5.41) is 19.6. The average Bonchev–Trinajstić information content (AvgIpc) is 3.01. The van der Waals surface area contributed by atoms with E-state index in [9.17, 15) is 5.11 Å². The van der Waals surface area contributed by atoms with Gasteiger partial charge in [0, 0.05) is 6.54 Å². The molecule has 0 radical (unpaired) electrons. The fraction of sp³-hybridized carbons (Fsp3) is 0.545. The Kier molecular flexibility index (Phi) is 3.18. The van der Waals surface area contributed by atoms with Crippen LogP contribution in [0.5, 0.6) is 0 Å². The van der Waals surface area contributed by atoms with Crippen molar-refractivity contribution in [1.82, 2.24) is 29.7 Å². The highest BCUT2D eigenvalue weighted by atomic mass is 16.3. The minimum Gasteiger partial charge on any atom is -0.394 e. The van der Waals surface area contributed by atoms with Crippen LogP contribution in [0.15, 0.2) is 12.7 Å². The van der Waals surface area contributed by atoms with Crippen molar-refractivity contribution in [3.8, 4) is 5.95 Å². The average molecular weight is 276 g/mol. The summed E-state index contributed by atoms with van der Waals surface area (Å²) in [7, 11) is 0. The summed E-state index contributed by atoms with van der Waals surface area (Å²) in [6.07, 6.45) is 4.75. The molecule has 20 heavy (non-hydrogen) atoms. The molecule has 9 heteroatoms. The number of nitrogens with one attached hydrogen (secondary N) is 2. The lowest BCUT2D eigenvalue weighted by atomic mass is 10.3. The van der Waals surface area contributed by atoms with Crippen LogP contribution in [-0.2, 0) is 0 Å². The minimum atomic E-state index is -0.287. The summed E-state index contributed by atoms with van der Waals surface area (Å²) >= 11 is 0. The highest BCUT2D eigenvalue weighted by Gasteiger charge is 2.42. The van der Waals surface area contributed by atoms with Crippen molar-refractivity contribution >= 4 is 11.9 Å². The Bertz CT molecular complexity index is 580. The number of hydrogen-bond acceptors (Lipinski definition) is 8. The predicted molar refractivity (Wildman–Crippen MR) is 71.6 cm³/mol. The summed E-state index contributed by atoms with van der Waals surface area (Å²) in [5.74, 6) is 1.27. The maximum absolute atomic E-state index is 9.37. The van der Waals surface area contributed by atoms with Crippen LogP contribution in [0.1, 0.15) is 19.8 Å². The first-order valence-electron chi connectivity index (χ1n) is 6.49. The molecule has 2 aromatic heterocycles. The normalized spacial score (nSPS) is 15.9. The van der Waals surface area contributed by atoms with Gasteiger partial charge in [-0.05, 0) is 19.8 Å². The zero-order valence-corrected chi connectivity index (χ0v) is 11.1. The van der Waals surface area contributed by atoms with Gasteiger partial charge < -0.3 is 15.7 Å². The fourth-order valence-corrected chi connectivity index (χ4v) is 1.78. The van der Waals surface area contributed by atoms with Crippen LogP contribution in [0.3, 0.4) is 0 Å². The third-order valence-electron chi connectivity index (χ3n) is 3.12. The van der Waals surface area contributed by atoms with E-state index in [2.05, 4.69) is 35.7 Å². The second-order valence-electron chi connectivity index (χ2n) is 4.72. The van der Waals surface area contributed by atoms with Gasteiger partial charge in [0.25, 0.3) is 5.95 Å². The molecule has 0 atom stereocenters. The second-order valence-corrected chi connectivity index (χ2v) is 4.72. The van der Waals surface area contributed by atoms with Crippen LogP contribution < -0.4 is 10.6 Å². The van der Waals surface area contributed by atoms with Gasteiger partial charge in [0.1, 0.15) is 12.7 Å². The highest BCUT2D eigenvalue weighted by molar-refractivity contribution is 5.41. The smallest absolute Gasteiger partial charge is 0.258 e. The number of nitrogens with zero attached hydrogens (tertiary/aromatic N) is 6. The molecule has 2 heterocycles. The van der Waals surface area contributed by atoms with Gasteiger partial charge in [-0.3, -0.25) is 0 Å². The molecule has 1 saturated carbocycles. The molecular weight excluding hydrogens is 260 g/mol. The molecule has 0 amide bonds. The van der Waals surface area contributed by atoms with E-state index in [1.54, 1.807) is 0 Å². The molecule has 2 aromatic rings. The Balaban J connectivity index is 1.92. The minimum absolute atomic E-state index is 0.0634. The summed E-state index contributed by atoms with van der Waals surface area (Å²) in [6, 6.07) is 0. The molecule has 0 unspecified atom stereocenters. The van der Waals surface area contributed by atoms with E-state index in [1.165, 1.54) is 17.3 Å². The summed E-state index contributed by atoms with van der Waals surface area (Å²) in [5.41, 5.74) is -0.287. The van der Waals surface area contributed by atoms with Gasteiger partial charge in [0.15, 0.2) is 0 Å². The van der Waals surface area contributed by atoms with E-state index >= 15 is 0 Å². The molecular formula is C11H16N8O. The SMILES string of the molecule is CCNc1nc(NC2(CO)CC2)nc(-n2cncn2)n1. The van der Waals surface area contributed by atoms with Gasteiger partial charge in [-0.25, -0.2) is 4.98 Å². The molecule has 0 aliphatic heterocycles. The third-order valence-corrected chi connectivity index (χ3v) is 3.12.